The van der Waals surface area contributed by atoms with Crippen molar-refractivity contribution < 1.29 is 0 Å². The van der Waals surface area contributed by atoms with Crippen LogP contribution in [0.15, 0.2) is 11.2 Å². The highest BCUT2D eigenvalue weighted by Gasteiger charge is 2.16. The largest absolute Gasteiger partial charge is 0.384 e. The molecule has 1 aromatic rings. The van der Waals surface area contributed by atoms with Crippen LogP contribution in [0.3, 0.4) is 0 Å². The third-order valence-electron chi connectivity index (χ3n) is 2.11. The fourth-order valence-corrected chi connectivity index (χ4v) is 2.26. The summed E-state index contributed by atoms with van der Waals surface area (Å²) in [5, 5.41) is 9.56. The van der Waals surface area contributed by atoms with E-state index in [1.54, 1.807) is 6.07 Å². The van der Waals surface area contributed by atoms with Gasteiger partial charge in [-0.1, -0.05) is 11.8 Å². The number of hydrogen-bond donors (Lipinski definition) is 1. The molecule has 1 heterocycles. The van der Waals surface area contributed by atoms with Crippen molar-refractivity contribution in [3.63, 3.8) is 0 Å². The molecule has 4 nitrogen and oxygen atoms in total. The number of nitrogens with zero attached hydrogens (tertiary/aromatic N) is 3. The second kappa shape index (κ2) is 5.17. The van der Waals surface area contributed by atoms with Gasteiger partial charge >= 0.3 is 0 Å². The van der Waals surface area contributed by atoms with E-state index in [-0.39, 0.29) is 5.41 Å². The summed E-state index contributed by atoms with van der Waals surface area (Å²) in [6, 6.07) is 4.01. The molecular weight excluding hydrogens is 220 g/mol. The minimum atomic E-state index is -0.289. The number of nitriles is 1. The Morgan fingerprint density at radius 1 is 1.50 bits per heavy atom. The molecule has 0 aliphatic heterocycles. The standard InChI is InChI=1S/C11H16N4S/c1-8-6-9(13)15-10(14-8)16-5-4-11(2,3)7-12/h6H,4-5H2,1-3H3,(H2,13,14,15). The van der Waals surface area contributed by atoms with Gasteiger partial charge in [0.1, 0.15) is 5.82 Å². The van der Waals surface area contributed by atoms with E-state index >= 15 is 0 Å². The van der Waals surface area contributed by atoms with Crippen molar-refractivity contribution in [1.82, 2.24) is 9.97 Å². The Kier molecular flexibility index (Phi) is 4.13. The highest BCUT2D eigenvalue weighted by atomic mass is 32.2. The van der Waals surface area contributed by atoms with Crippen LogP contribution in [-0.2, 0) is 0 Å². The zero-order valence-corrected chi connectivity index (χ0v) is 10.6. The molecule has 0 saturated heterocycles. The molecule has 0 aliphatic rings. The van der Waals surface area contributed by atoms with E-state index in [0.29, 0.717) is 11.0 Å². The maximum Gasteiger partial charge on any atom is 0.189 e. The van der Waals surface area contributed by atoms with Gasteiger partial charge in [-0.25, -0.2) is 9.97 Å². The fraction of sp³-hybridized carbons (Fsp3) is 0.545. The maximum absolute atomic E-state index is 8.87. The van der Waals surface area contributed by atoms with Crippen molar-refractivity contribution in [3.05, 3.63) is 11.8 Å². The first-order valence-corrected chi connectivity index (χ1v) is 6.07. The molecular formula is C11H16N4S. The number of aryl methyl sites for hydroxylation is 1. The molecule has 1 aromatic heterocycles. The second-order valence-corrected chi connectivity index (χ2v) is 5.37. The lowest BCUT2D eigenvalue weighted by molar-refractivity contribution is 0.482. The molecule has 0 aromatic carbocycles. The first kappa shape index (κ1) is 12.8. The van der Waals surface area contributed by atoms with Gasteiger partial charge in [0.25, 0.3) is 0 Å². The van der Waals surface area contributed by atoms with Crippen LogP contribution in [0.5, 0.6) is 0 Å². The normalized spacial score (nSPS) is 11.1. The molecule has 2 N–H and O–H groups in total. The number of anilines is 1. The molecule has 0 spiro atoms. The molecule has 5 heteroatoms. The quantitative estimate of drug-likeness (QED) is 0.641. The lowest BCUT2D eigenvalue weighted by Crippen LogP contribution is -2.09. The monoisotopic (exact) mass is 236 g/mol. The van der Waals surface area contributed by atoms with E-state index in [2.05, 4.69) is 16.0 Å². The van der Waals surface area contributed by atoms with Crippen LogP contribution < -0.4 is 5.73 Å². The predicted octanol–water partition coefficient (Wildman–Crippen LogP) is 2.40. The molecule has 86 valence electrons. The van der Waals surface area contributed by atoms with Crippen LogP contribution in [0.25, 0.3) is 0 Å². The average Bonchev–Trinajstić information content (AvgIpc) is 2.16. The van der Waals surface area contributed by atoms with Crippen LogP contribution >= 0.6 is 11.8 Å². The van der Waals surface area contributed by atoms with Crippen LogP contribution in [0.2, 0.25) is 0 Å². The molecule has 0 unspecified atom stereocenters. The van der Waals surface area contributed by atoms with Gasteiger partial charge in [-0.05, 0) is 27.2 Å². The number of rotatable bonds is 4. The Hall–Kier alpha value is -1.28. The number of nitrogens with two attached hydrogens (primary N) is 1. The van der Waals surface area contributed by atoms with E-state index < -0.39 is 0 Å². The Balaban J connectivity index is 2.53. The summed E-state index contributed by atoms with van der Waals surface area (Å²) >= 11 is 1.54. The molecule has 0 bridgehead atoms. The predicted molar refractivity (Wildman–Crippen MR) is 65.9 cm³/mol. The number of nitrogen functional groups attached to an aromatic ring is 1. The molecule has 0 saturated carbocycles. The van der Waals surface area contributed by atoms with E-state index in [1.165, 1.54) is 11.8 Å². The van der Waals surface area contributed by atoms with Crippen LogP contribution in [0.4, 0.5) is 5.82 Å². The number of thioether (sulfide) groups is 1. The molecule has 16 heavy (non-hydrogen) atoms. The van der Waals surface area contributed by atoms with Gasteiger partial charge in [0, 0.05) is 17.5 Å². The van der Waals surface area contributed by atoms with Crippen molar-refractivity contribution in [2.24, 2.45) is 5.41 Å². The maximum atomic E-state index is 8.87. The van der Waals surface area contributed by atoms with Gasteiger partial charge < -0.3 is 5.73 Å². The molecule has 0 fully saturated rings. The van der Waals surface area contributed by atoms with Crippen LogP contribution in [-0.4, -0.2) is 15.7 Å². The minimum absolute atomic E-state index is 0.289. The minimum Gasteiger partial charge on any atom is -0.384 e. The smallest absolute Gasteiger partial charge is 0.189 e. The van der Waals surface area contributed by atoms with Crippen LogP contribution in [0, 0.1) is 23.7 Å². The third kappa shape index (κ3) is 4.07. The summed E-state index contributed by atoms with van der Waals surface area (Å²) in [6.07, 6.45) is 0.811. The summed E-state index contributed by atoms with van der Waals surface area (Å²) in [5.41, 5.74) is 6.21. The van der Waals surface area contributed by atoms with Crippen molar-refractivity contribution in [1.29, 1.82) is 5.26 Å². The summed E-state index contributed by atoms with van der Waals surface area (Å²) in [7, 11) is 0. The zero-order valence-electron chi connectivity index (χ0n) is 9.82. The third-order valence-corrected chi connectivity index (χ3v) is 2.96. The van der Waals surface area contributed by atoms with Gasteiger partial charge in [-0.15, -0.1) is 0 Å². The molecule has 0 radical (unpaired) electrons. The van der Waals surface area contributed by atoms with Gasteiger partial charge in [0.2, 0.25) is 0 Å². The lowest BCUT2D eigenvalue weighted by atomic mass is 9.93. The second-order valence-electron chi connectivity index (χ2n) is 4.31. The van der Waals surface area contributed by atoms with Crippen LogP contribution in [0.1, 0.15) is 26.0 Å². The Labute approximate surface area is 100 Å². The summed E-state index contributed by atoms with van der Waals surface area (Å²) < 4.78 is 0. The Bertz CT molecular complexity index is 389. The number of aromatic nitrogens is 2. The van der Waals surface area contributed by atoms with Gasteiger partial charge in [-0.3, -0.25) is 0 Å². The molecule has 0 aliphatic carbocycles. The Morgan fingerprint density at radius 3 is 2.75 bits per heavy atom. The van der Waals surface area contributed by atoms with Crippen molar-refractivity contribution in [2.75, 3.05) is 11.5 Å². The van der Waals surface area contributed by atoms with Gasteiger partial charge in [-0.2, -0.15) is 5.26 Å². The fourth-order valence-electron chi connectivity index (χ4n) is 1.08. The van der Waals surface area contributed by atoms with E-state index in [4.69, 9.17) is 11.0 Å². The molecule has 0 atom stereocenters. The van der Waals surface area contributed by atoms with E-state index in [0.717, 1.165) is 17.9 Å². The SMILES string of the molecule is Cc1cc(N)nc(SCCC(C)(C)C#N)n1. The lowest BCUT2D eigenvalue weighted by Gasteiger charge is -2.13. The van der Waals surface area contributed by atoms with E-state index in [1.807, 2.05) is 20.8 Å². The molecule has 1 rings (SSSR count). The van der Waals surface area contributed by atoms with E-state index in [9.17, 15) is 0 Å². The Morgan fingerprint density at radius 2 is 2.19 bits per heavy atom. The van der Waals surface area contributed by atoms with Crippen molar-refractivity contribution >= 4 is 17.6 Å². The zero-order chi connectivity index (χ0) is 12.2. The topological polar surface area (TPSA) is 75.6 Å². The summed E-state index contributed by atoms with van der Waals surface area (Å²) in [5.74, 6) is 1.32. The number of hydrogen-bond acceptors (Lipinski definition) is 5. The highest BCUT2D eigenvalue weighted by molar-refractivity contribution is 7.99. The first-order chi connectivity index (χ1) is 7.43. The summed E-state index contributed by atoms with van der Waals surface area (Å²) in [6.45, 7) is 5.75. The first-order valence-electron chi connectivity index (χ1n) is 5.08. The highest BCUT2D eigenvalue weighted by Crippen LogP contribution is 2.24. The average molecular weight is 236 g/mol. The molecule has 0 amide bonds. The van der Waals surface area contributed by atoms with Gasteiger partial charge in [0.05, 0.1) is 11.5 Å². The summed E-state index contributed by atoms with van der Waals surface area (Å²) in [4.78, 5) is 8.39. The van der Waals surface area contributed by atoms with Gasteiger partial charge in [0.15, 0.2) is 5.16 Å². The van der Waals surface area contributed by atoms with Crippen molar-refractivity contribution in [2.45, 2.75) is 32.3 Å². The van der Waals surface area contributed by atoms with Crippen molar-refractivity contribution in [3.8, 4) is 6.07 Å².